The zero-order chi connectivity index (χ0) is 42.5. The van der Waals surface area contributed by atoms with Crippen molar-refractivity contribution >= 4 is 34.6 Å². The van der Waals surface area contributed by atoms with Gasteiger partial charge in [0.2, 0.25) is 5.88 Å². The maximum absolute atomic E-state index is 17.7. The number of fused-ring (bicyclic) bond motifs is 5. The number of aryl methyl sites for hydroxylation is 1. The first kappa shape index (κ1) is 40.9. The lowest BCUT2D eigenvalue weighted by atomic mass is 9.92. The molecule has 9 rings (SSSR count). The van der Waals surface area contributed by atoms with E-state index in [2.05, 4.69) is 15.1 Å². The van der Waals surface area contributed by atoms with Crippen LogP contribution in [0.3, 0.4) is 0 Å². The number of nitrogens with zero attached hydrogens (tertiary/aromatic N) is 6. The Morgan fingerprint density at radius 1 is 0.983 bits per heavy atom. The summed E-state index contributed by atoms with van der Waals surface area (Å²) in [5.41, 5.74) is 2.44. The molecule has 1 aromatic carbocycles. The van der Waals surface area contributed by atoms with E-state index in [1.165, 1.54) is 0 Å². The molecule has 4 aliphatic heterocycles. The molecule has 2 saturated carbocycles. The number of anilines is 2. The number of carbonyl (C=O) groups is 2. The Kier molecular flexibility index (Phi) is 10.1. The smallest absolute Gasteiger partial charge is 0.412 e. The second-order valence-corrected chi connectivity index (χ2v) is 20.0. The molecule has 324 valence electrons. The average molecular weight is 830 g/mol. The second kappa shape index (κ2) is 14.8. The quantitative estimate of drug-likeness (QED) is 0.236. The molecule has 2 amide bonds. The highest BCUT2D eigenvalue weighted by Crippen LogP contribution is 2.51. The summed E-state index contributed by atoms with van der Waals surface area (Å²) < 4.78 is 48.3. The highest BCUT2D eigenvalue weighted by atomic mass is 19.1. The number of morpholine rings is 1. The summed E-state index contributed by atoms with van der Waals surface area (Å²) in [4.78, 5) is 48.4. The molecule has 60 heavy (non-hydrogen) atoms. The van der Waals surface area contributed by atoms with E-state index in [9.17, 15) is 9.59 Å². The predicted molar refractivity (Wildman–Crippen MR) is 225 cm³/mol. The zero-order valence-electron chi connectivity index (χ0n) is 36.6. The maximum Gasteiger partial charge on any atom is 0.412 e. The van der Waals surface area contributed by atoms with Gasteiger partial charge in [0, 0.05) is 37.2 Å². The zero-order valence-corrected chi connectivity index (χ0v) is 36.6. The van der Waals surface area contributed by atoms with Crippen LogP contribution in [0, 0.1) is 25.1 Å². The Morgan fingerprint density at radius 3 is 2.37 bits per heavy atom. The largest absolute Gasteiger partial charge is 0.472 e. The molecule has 6 heterocycles. The fourth-order valence-electron chi connectivity index (χ4n) is 9.88. The molecule has 0 unspecified atom stereocenters. The van der Waals surface area contributed by atoms with E-state index in [0.717, 1.165) is 82.5 Å². The summed E-state index contributed by atoms with van der Waals surface area (Å²) in [5, 5.41) is 3.40. The number of carbonyl (C=O) groups excluding carboxylic acids is 2. The summed E-state index contributed by atoms with van der Waals surface area (Å²) in [6.45, 7) is 21.9. The van der Waals surface area contributed by atoms with Crippen LogP contribution in [0.15, 0.2) is 6.07 Å². The van der Waals surface area contributed by atoms with Crippen LogP contribution < -0.4 is 19.7 Å². The lowest BCUT2D eigenvalue weighted by Crippen LogP contribution is -2.65. The van der Waals surface area contributed by atoms with Crippen molar-refractivity contribution in [2.24, 2.45) is 5.41 Å². The molecule has 5 fully saturated rings. The van der Waals surface area contributed by atoms with Crippen LogP contribution in [-0.4, -0.2) is 118 Å². The number of rotatable bonds is 8. The van der Waals surface area contributed by atoms with Gasteiger partial charge in [0.1, 0.15) is 39.7 Å². The molecule has 3 aromatic rings. The van der Waals surface area contributed by atoms with Gasteiger partial charge in [0.05, 0.1) is 43.6 Å². The van der Waals surface area contributed by atoms with E-state index in [1.807, 2.05) is 73.3 Å². The molecule has 2 aromatic heterocycles. The van der Waals surface area contributed by atoms with E-state index in [0.29, 0.717) is 41.2 Å². The number of hydrogen-bond acceptors (Lipinski definition) is 12. The van der Waals surface area contributed by atoms with Gasteiger partial charge >= 0.3 is 18.2 Å². The molecule has 6 aliphatic rings. The van der Waals surface area contributed by atoms with Gasteiger partial charge < -0.3 is 28.6 Å². The van der Waals surface area contributed by atoms with E-state index < -0.39 is 29.2 Å². The summed E-state index contributed by atoms with van der Waals surface area (Å²) in [6.07, 6.45) is 4.18. The molecule has 2 bridgehead atoms. The third-order valence-corrected chi connectivity index (χ3v) is 12.9. The van der Waals surface area contributed by atoms with Crippen molar-refractivity contribution in [3.63, 3.8) is 0 Å². The lowest BCUT2D eigenvalue weighted by molar-refractivity contribution is 0.000917. The Morgan fingerprint density at radius 2 is 1.70 bits per heavy atom. The monoisotopic (exact) mass is 829 g/mol. The number of pyridine rings is 1. The first-order chi connectivity index (χ1) is 28.4. The summed E-state index contributed by atoms with van der Waals surface area (Å²) in [7, 11) is 0. The third-order valence-electron chi connectivity index (χ3n) is 12.9. The van der Waals surface area contributed by atoms with E-state index in [1.54, 1.807) is 0 Å². The molecule has 0 spiro atoms. The minimum atomic E-state index is -0.707. The topological polar surface area (TPSA) is 141 Å². The molecule has 15 heteroatoms. The van der Waals surface area contributed by atoms with E-state index in [-0.39, 0.29) is 58.7 Å². The van der Waals surface area contributed by atoms with Crippen molar-refractivity contribution in [2.45, 2.75) is 142 Å². The van der Waals surface area contributed by atoms with Crippen LogP contribution in [0.4, 0.5) is 25.5 Å². The fourth-order valence-corrected chi connectivity index (χ4v) is 9.88. The SMILES string of the molecule is Cc1cc(-c2nc3c4c(nc(OCC5(CN6CCOCC6)CC5)nc4c2F)N2C[C@H]4CC[C@@H]([C@H]2[C@H](C)O3)N4C(=O)OC(C)(C)C)c(C)c(NC(=O)OC(C)(C)C)c1C1CC1. The van der Waals surface area contributed by atoms with Crippen LogP contribution in [0.1, 0.15) is 110 Å². The van der Waals surface area contributed by atoms with Gasteiger partial charge in [0.25, 0.3) is 0 Å². The number of piperazine rings is 1. The molecule has 1 N–H and O–H groups in total. The van der Waals surface area contributed by atoms with Gasteiger partial charge in [-0.25, -0.2) is 19.0 Å². The predicted octanol–water partition coefficient (Wildman–Crippen LogP) is 7.90. The molecule has 4 atom stereocenters. The van der Waals surface area contributed by atoms with Crippen molar-refractivity contribution in [1.82, 2.24) is 24.8 Å². The summed E-state index contributed by atoms with van der Waals surface area (Å²) in [5.74, 6) is 0.347. The Bertz CT molecular complexity index is 2210. The van der Waals surface area contributed by atoms with Crippen LogP contribution >= 0.6 is 0 Å². The normalized spacial score (nSPS) is 24.7. The Hall–Kier alpha value is -4.50. The van der Waals surface area contributed by atoms with Crippen molar-refractivity contribution < 1.29 is 37.7 Å². The number of hydrogen-bond donors (Lipinski definition) is 1. The number of ether oxygens (including phenoxy) is 5. The number of aromatic nitrogens is 3. The standard InChI is InChI=1S/C45H60FN7O7/c1-24-20-29(25(2)34(31(24)27-10-11-27)49-41(54)59-43(4,5)6)35-33(46)36-32-38(50-40(48-36)57-23-45(14-15-45)22-51-16-18-56-19-17-51)52-21-28-12-13-30(37(52)26(3)58-39(32)47-35)53(28)42(55)60-44(7,8)9/h20,26-28,30,37H,10-19,21-23H2,1-9H3,(H,49,54)/t26-,28+,30-,37+/m0/s1. The van der Waals surface area contributed by atoms with Gasteiger partial charge in [-0.2, -0.15) is 9.97 Å². The highest BCUT2D eigenvalue weighted by molar-refractivity contribution is 5.98. The molecule has 2 aliphatic carbocycles. The first-order valence-corrected chi connectivity index (χ1v) is 21.8. The average Bonchev–Trinajstić information content (AvgIpc) is 4.11. The van der Waals surface area contributed by atoms with Crippen molar-refractivity contribution in [1.29, 1.82) is 0 Å². The molecular weight excluding hydrogens is 770 g/mol. The Labute approximate surface area is 351 Å². The second-order valence-electron chi connectivity index (χ2n) is 20.0. The summed E-state index contributed by atoms with van der Waals surface area (Å²) in [6, 6.07) is 1.32. The Balaban J connectivity index is 1.15. The van der Waals surface area contributed by atoms with E-state index >= 15 is 4.39 Å². The van der Waals surface area contributed by atoms with E-state index in [4.69, 9.17) is 38.6 Å². The lowest BCUT2D eigenvalue weighted by Gasteiger charge is -2.48. The van der Waals surface area contributed by atoms with Gasteiger partial charge in [-0.1, -0.05) is 0 Å². The first-order valence-electron chi connectivity index (χ1n) is 21.8. The molecule has 14 nitrogen and oxygen atoms in total. The van der Waals surface area contributed by atoms with Crippen LogP contribution in [0.25, 0.3) is 22.2 Å². The number of nitrogens with one attached hydrogen (secondary N) is 1. The van der Waals surface area contributed by atoms with Crippen molar-refractivity contribution in [3.05, 3.63) is 28.6 Å². The molecule has 3 saturated heterocycles. The maximum atomic E-state index is 17.7. The summed E-state index contributed by atoms with van der Waals surface area (Å²) >= 11 is 0. The van der Waals surface area contributed by atoms with Crippen LogP contribution in [0.5, 0.6) is 11.9 Å². The molecule has 0 radical (unpaired) electrons. The van der Waals surface area contributed by atoms with Gasteiger partial charge in [0.15, 0.2) is 5.82 Å². The van der Waals surface area contributed by atoms with Crippen molar-refractivity contribution in [2.75, 3.05) is 56.2 Å². The fraction of sp³-hybridized carbons (Fsp3) is 0.667. The third kappa shape index (κ3) is 7.80. The number of amides is 2. The highest BCUT2D eigenvalue weighted by Gasteiger charge is 2.54. The minimum absolute atomic E-state index is 0.0370. The van der Waals surface area contributed by atoms with Gasteiger partial charge in [-0.05, 0) is 130 Å². The van der Waals surface area contributed by atoms with Crippen LogP contribution in [0.2, 0.25) is 0 Å². The molecular formula is C45H60FN7O7. The van der Waals surface area contributed by atoms with Gasteiger partial charge in [-0.3, -0.25) is 15.1 Å². The minimum Gasteiger partial charge on any atom is -0.472 e. The number of halogens is 1. The van der Waals surface area contributed by atoms with Crippen molar-refractivity contribution in [3.8, 4) is 23.1 Å². The van der Waals surface area contributed by atoms with Gasteiger partial charge in [-0.15, -0.1) is 0 Å². The number of benzene rings is 1. The van der Waals surface area contributed by atoms with Crippen LogP contribution in [-0.2, 0) is 14.2 Å².